The summed E-state index contributed by atoms with van der Waals surface area (Å²) in [5.74, 6) is 1.03. The second-order valence-electron chi connectivity index (χ2n) is 1.71. The van der Waals surface area contributed by atoms with Gasteiger partial charge in [-0.1, -0.05) is 6.92 Å². The van der Waals surface area contributed by atoms with Crippen LogP contribution in [0, 0.1) is 0 Å². The van der Waals surface area contributed by atoms with E-state index in [9.17, 15) is 0 Å². The van der Waals surface area contributed by atoms with E-state index in [-0.39, 0.29) is 0 Å². The molecule has 1 heterocycles. The SMILES string of the molecule is CCc1nncn1C. The van der Waals surface area contributed by atoms with Crippen LogP contribution >= 0.6 is 0 Å². The van der Waals surface area contributed by atoms with Crippen LogP contribution in [-0.2, 0) is 13.5 Å². The van der Waals surface area contributed by atoms with Crippen LogP contribution in [0.2, 0.25) is 0 Å². The highest BCUT2D eigenvalue weighted by Crippen LogP contribution is 1.89. The summed E-state index contributed by atoms with van der Waals surface area (Å²) in [6, 6.07) is 0. The van der Waals surface area contributed by atoms with Crippen LogP contribution in [0.15, 0.2) is 6.33 Å². The van der Waals surface area contributed by atoms with Gasteiger partial charge in [0, 0.05) is 13.5 Å². The molecule has 0 saturated heterocycles. The first-order chi connectivity index (χ1) is 3.84. The topological polar surface area (TPSA) is 30.7 Å². The van der Waals surface area contributed by atoms with Gasteiger partial charge in [0.1, 0.15) is 12.2 Å². The van der Waals surface area contributed by atoms with Crippen LogP contribution in [0.4, 0.5) is 0 Å². The van der Waals surface area contributed by atoms with Crippen molar-refractivity contribution >= 4 is 0 Å². The van der Waals surface area contributed by atoms with E-state index in [2.05, 4.69) is 17.1 Å². The Balaban J connectivity index is 2.92. The highest BCUT2D eigenvalue weighted by Gasteiger charge is 1.92. The van der Waals surface area contributed by atoms with Crippen LogP contribution in [0.3, 0.4) is 0 Å². The number of rotatable bonds is 1. The lowest BCUT2D eigenvalue weighted by Crippen LogP contribution is -1.93. The molecule has 0 atom stereocenters. The van der Waals surface area contributed by atoms with Crippen molar-refractivity contribution < 1.29 is 0 Å². The predicted octanol–water partition coefficient (Wildman–Crippen LogP) is 0.378. The van der Waals surface area contributed by atoms with Crippen molar-refractivity contribution in [3.05, 3.63) is 12.2 Å². The van der Waals surface area contributed by atoms with Gasteiger partial charge >= 0.3 is 0 Å². The molecule has 0 aromatic carbocycles. The summed E-state index contributed by atoms with van der Waals surface area (Å²) in [4.78, 5) is 0. The molecule has 0 aliphatic heterocycles. The van der Waals surface area contributed by atoms with Gasteiger partial charge in [-0.2, -0.15) is 0 Å². The summed E-state index contributed by atoms with van der Waals surface area (Å²) in [5, 5.41) is 7.55. The van der Waals surface area contributed by atoms with E-state index in [0.717, 1.165) is 12.2 Å². The number of nitrogens with zero attached hydrogens (tertiary/aromatic N) is 3. The van der Waals surface area contributed by atoms with E-state index in [0.29, 0.717) is 0 Å². The van der Waals surface area contributed by atoms with Crippen molar-refractivity contribution in [2.24, 2.45) is 7.05 Å². The molecule has 44 valence electrons. The molecule has 0 bridgehead atoms. The predicted molar refractivity (Wildman–Crippen MR) is 30.4 cm³/mol. The van der Waals surface area contributed by atoms with Crippen LogP contribution in [0.5, 0.6) is 0 Å². The number of aryl methyl sites for hydroxylation is 2. The number of hydrogen-bond donors (Lipinski definition) is 0. The first kappa shape index (κ1) is 5.28. The summed E-state index contributed by atoms with van der Waals surface area (Å²) in [5.41, 5.74) is 0. The summed E-state index contributed by atoms with van der Waals surface area (Å²) in [6.45, 7) is 2.06. The van der Waals surface area contributed by atoms with Crippen molar-refractivity contribution in [3.63, 3.8) is 0 Å². The van der Waals surface area contributed by atoms with E-state index < -0.39 is 0 Å². The molecule has 1 aromatic rings. The zero-order valence-corrected chi connectivity index (χ0v) is 5.13. The van der Waals surface area contributed by atoms with Gasteiger partial charge in [-0.3, -0.25) is 0 Å². The van der Waals surface area contributed by atoms with Crippen molar-refractivity contribution in [3.8, 4) is 0 Å². The van der Waals surface area contributed by atoms with Crippen molar-refractivity contribution in [2.45, 2.75) is 13.3 Å². The lowest BCUT2D eigenvalue weighted by molar-refractivity contribution is 0.807. The zero-order chi connectivity index (χ0) is 5.98. The first-order valence-corrected chi connectivity index (χ1v) is 2.67. The summed E-state index contributed by atoms with van der Waals surface area (Å²) < 4.78 is 1.92. The highest BCUT2D eigenvalue weighted by atomic mass is 15.2. The van der Waals surface area contributed by atoms with E-state index >= 15 is 0 Å². The smallest absolute Gasteiger partial charge is 0.132 e. The maximum Gasteiger partial charge on any atom is 0.132 e. The van der Waals surface area contributed by atoms with Gasteiger partial charge in [0.15, 0.2) is 0 Å². The maximum atomic E-state index is 3.85. The number of aromatic nitrogens is 3. The van der Waals surface area contributed by atoms with Crippen LogP contribution in [0.25, 0.3) is 0 Å². The lowest BCUT2D eigenvalue weighted by Gasteiger charge is -1.90. The Hall–Kier alpha value is -0.860. The molecular weight excluding hydrogens is 102 g/mol. The van der Waals surface area contributed by atoms with Crippen LogP contribution in [0.1, 0.15) is 12.7 Å². The second kappa shape index (κ2) is 1.94. The molecule has 0 aliphatic carbocycles. The van der Waals surface area contributed by atoms with Crippen molar-refractivity contribution in [1.82, 2.24) is 14.8 Å². The fourth-order valence-corrected chi connectivity index (χ4v) is 0.627. The molecule has 3 nitrogen and oxygen atoms in total. The molecule has 0 radical (unpaired) electrons. The lowest BCUT2D eigenvalue weighted by atomic mass is 10.5. The van der Waals surface area contributed by atoms with Crippen molar-refractivity contribution in [1.29, 1.82) is 0 Å². The summed E-state index contributed by atoms with van der Waals surface area (Å²) >= 11 is 0. The molecular formula is C5H9N3. The van der Waals surface area contributed by atoms with Crippen molar-refractivity contribution in [2.75, 3.05) is 0 Å². The number of hydrogen-bond acceptors (Lipinski definition) is 2. The minimum atomic E-state index is 0.955. The molecule has 0 N–H and O–H groups in total. The third kappa shape index (κ3) is 0.710. The van der Waals surface area contributed by atoms with Gasteiger partial charge in [0.2, 0.25) is 0 Å². The zero-order valence-electron chi connectivity index (χ0n) is 5.13. The molecule has 3 heteroatoms. The van der Waals surface area contributed by atoms with Gasteiger partial charge in [0.25, 0.3) is 0 Å². The largest absolute Gasteiger partial charge is 0.321 e. The fraction of sp³-hybridized carbons (Fsp3) is 0.600. The molecule has 1 aromatic heterocycles. The first-order valence-electron chi connectivity index (χ1n) is 2.67. The Morgan fingerprint density at radius 2 is 2.50 bits per heavy atom. The minimum absolute atomic E-state index is 0.955. The Bertz CT molecular complexity index is 168. The molecule has 0 saturated carbocycles. The van der Waals surface area contributed by atoms with Gasteiger partial charge in [-0.25, -0.2) is 0 Å². The van der Waals surface area contributed by atoms with E-state index in [1.54, 1.807) is 6.33 Å². The Labute approximate surface area is 48.4 Å². The van der Waals surface area contributed by atoms with Crippen LogP contribution in [-0.4, -0.2) is 14.8 Å². The minimum Gasteiger partial charge on any atom is -0.321 e. The normalized spacial score (nSPS) is 9.75. The van der Waals surface area contributed by atoms with E-state index in [4.69, 9.17) is 0 Å². The molecule has 0 fully saturated rings. The van der Waals surface area contributed by atoms with E-state index in [1.807, 2.05) is 11.6 Å². The Morgan fingerprint density at radius 3 is 2.75 bits per heavy atom. The van der Waals surface area contributed by atoms with Gasteiger partial charge in [-0.05, 0) is 0 Å². The van der Waals surface area contributed by atoms with Gasteiger partial charge < -0.3 is 4.57 Å². The van der Waals surface area contributed by atoms with Crippen LogP contribution < -0.4 is 0 Å². The second-order valence-corrected chi connectivity index (χ2v) is 1.71. The molecule has 0 amide bonds. The quantitative estimate of drug-likeness (QED) is 0.524. The fourth-order valence-electron chi connectivity index (χ4n) is 0.627. The van der Waals surface area contributed by atoms with Gasteiger partial charge in [-0.15, -0.1) is 10.2 Å². The monoisotopic (exact) mass is 111 g/mol. The molecule has 8 heavy (non-hydrogen) atoms. The molecule has 0 aliphatic rings. The molecule has 1 rings (SSSR count). The summed E-state index contributed by atoms with van der Waals surface area (Å²) in [7, 11) is 1.94. The third-order valence-corrected chi connectivity index (χ3v) is 1.12. The van der Waals surface area contributed by atoms with Gasteiger partial charge in [0.05, 0.1) is 0 Å². The average Bonchev–Trinajstić information content (AvgIpc) is 2.14. The standard InChI is InChI=1S/C5H9N3/c1-3-5-7-6-4-8(5)2/h4H,3H2,1-2H3. The van der Waals surface area contributed by atoms with E-state index in [1.165, 1.54) is 0 Å². The maximum absolute atomic E-state index is 3.85. The summed E-state index contributed by atoms with van der Waals surface area (Å²) in [6.07, 6.45) is 2.66. The Kier molecular flexibility index (Phi) is 1.28. The highest BCUT2D eigenvalue weighted by molar-refractivity contribution is 4.81. The molecule has 0 unspecified atom stereocenters. The average molecular weight is 111 g/mol. The third-order valence-electron chi connectivity index (χ3n) is 1.12. The molecule has 0 spiro atoms. The Morgan fingerprint density at radius 1 is 1.75 bits per heavy atom.